The Morgan fingerprint density at radius 1 is 1.38 bits per heavy atom. The van der Waals surface area contributed by atoms with E-state index in [2.05, 4.69) is 29.8 Å². The average molecular weight is 219 g/mol. The van der Waals surface area contributed by atoms with Crippen molar-refractivity contribution in [3.8, 4) is 0 Å². The van der Waals surface area contributed by atoms with Crippen LogP contribution in [0.3, 0.4) is 0 Å². The van der Waals surface area contributed by atoms with Gasteiger partial charge in [0.2, 0.25) is 0 Å². The Kier molecular flexibility index (Phi) is 3.44. The largest absolute Gasteiger partial charge is 0.356 e. The lowest BCUT2D eigenvalue weighted by molar-refractivity contribution is 0.494. The third-order valence-electron chi connectivity index (χ3n) is 3.57. The SMILES string of the molecule is CC1CN(c2ncccc2CCN)CC1C. The van der Waals surface area contributed by atoms with Crippen LogP contribution in [-0.2, 0) is 6.42 Å². The highest BCUT2D eigenvalue weighted by atomic mass is 15.2. The van der Waals surface area contributed by atoms with Crippen molar-refractivity contribution in [3.05, 3.63) is 23.9 Å². The fourth-order valence-corrected chi connectivity index (χ4v) is 2.37. The second kappa shape index (κ2) is 4.83. The summed E-state index contributed by atoms with van der Waals surface area (Å²) in [6.45, 7) is 7.57. The van der Waals surface area contributed by atoms with Crippen LogP contribution >= 0.6 is 0 Å². The number of rotatable bonds is 3. The van der Waals surface area contributed by atoms with Crippen LogP contribution in [0.25, 0.3) is 0 Å². The lowest BCUT2D eigenvalue weighted by Crippen LogP contribution is -2.23. The predicted octanol–water partition coefficient (Wildman–Crippen LogP) is 1.68. The van der Waals surface area contributed by atoms with Gasteiger partial charge in [0, 0.05) is 19.3 Å². The Balaban J connectivity index is 2.20. The molecule has 0 radical (unpaired) electrons. The molecule has 88 valence electrons. The van der Waals surface area contributed by atoms with Gasteiger partial charge in [0.25, 0.3) is 0 Å². The summed E-state index contributed by atoms with van der Waals surface area (Å²) in [4.78, 5) is 6.92. The molecule has 3 heteroatoms. The fourth-order valence-electron chi connectivity index (χ4n) is 2.37. The van der Waals surface area contributed by atoms with Crippen molar-refractivity contribution >= 4 is 5.82 Å². The van der Waals surface area contributed by atoms with Crippen molar-refractivity contribution in [2.45, 2.75) is 20.3 Å². The monoisotopic (exact) mass is 219 g/mol. The van der Waals surface area contributed by atoms with Gasteiger partial charge in [-0.2, -0.15) is 0 Å². The van der Waals surface area contributed by atoms with Gasteiger partial charge in [0.15, 0.2) is 0 Å². The van der Waals surface area contributed by atoms with E-state index in [0.717, 1.165) is 37.2 Å². The Morgan fingerprint density at radius 2 is 2.06 bits per heavy atom. The molecule has 0 aromatic carbocycles. The van der Waals surface area contributed by atoms with Crippen molar-refractivity contribution in [2.75, 3.05) is 24.5 Å². The summed E-state index contributed by atoms with van der Waals surface area (Å²) in [6, 6.07) is 4.14. The molecule has 0 saturated carbocycles. The number of nitrogens with two attached hydrogens (primary N) is 1. The molecule has 2 heterocycles. The Bertz CT molecular complexity index is 341. The number of hydrogen-bond acceptors (Lipinski definition) is 3. The van der Waals surface area contributed by atoms with Crippen molar-refractivity contribution in [1.29, 1.82) is 0 Å². The molecule has 1 saturated heterocycles. The van der Waals surface area contributed by atoms with Gasteiger partial charge in [-0.3, -0.25) is 0 Å². The van der Waals surface area contributed by atoms with E-state index in [4.69, 9.17) is 5.73 Å². The number of nitrogens with zero attached hydrogens (tertiary/aromatic N) is 2. The number of anilines is 1. The van der Waals surface area contributed by atoms with Crippen LogP contribution < -0.4 is 10.6 Å². The highest BCUT2D eigenvalue weighted by molar-refractivity contribution is 5.48. The van der Waals surface area contributed by atoms with Gasteiger partial charge in [-0.15, -0.1) is 0 Å². The van der Waals surface area contributed by atoms with Crippen LogP contribution in [0.5, 0.6) is 0 Å². The summed E-state index contributed by atoms with van der Waals surface area (Å²) in [6.07, 6.45) is 2.80. The molecule has 1 aromatic heterocycles. The van der Waals surface area contributed by atoms with Crippen LogP contribution in [-0.4, -0.2) is 24.6 Å². The summed E-state index contributed by atoms with van der Waals surface area (Å²) in [5, 5.41) is 0. The maximum Gasteiger partial charge on any atom is 0.131 e. The molecule has 0 aliphatic carbocycles. The predicted molar refractivity (Wildman–Crippen MR) is 67.5 cm³/mol. The van der Waals surface area contributed by atoms with E-state index < -0.39 is 0 Å². The van der Waals surface area contributed by atoms with Crippen LogP contribution in [0.2, 0.25) is 0 Å². The van der Waals surface area contributed by atoms with Gasteiger partial charge in [-0.25, -0.2) is 4.98 Å². The molecule has 2 unspecified atom stereocenters. The van der Waals surface area contributed by atoms with Gasteiger partial charge in [0.1, 0.15) is 5.82 Å². The molecule has 0 bridgehead atoms. The topological polar surface area (TPSA) is 42.2 Å². The van der Waals surface area contributed by atoms with Crippen molar-refractivity contribution in [1.82, 2.24) is 4.98 Å². The molecule has 0 spiro atoms. The Labute approximate surface area is 97.7 Å². The lowest BCUT2D eigenvalue weighted by Gasteiger charge is -2.20. The van der Waals surface area contributed by atoms with Crippen LogP contribution in [0.4, 0.5) is 5.82 Å². The lowest BCUT2D eigenvalue weighted by atomic mass is 10.0. The normalized spacial score (nSPS) is 25.1. The van der Waals surface area contributed by atoms with Gasteiger partial charge in [-0.05, 0) is 36.4 Å². The smallest absolute Gasteiger partial charge is 0.131 e. The average Bonchev–Trinajstić information content (AvgIpc) is 2.60. The molecule has 2 atom stereocenters. The molecule has 1 aliphatic heterocycles. The summed E-state index contributed by atoms with van der Waals surface area (Å²) >= 11 is 0. The first kappa shape index (κ1) is 11.4. The first-order valence-electron chi connectivity index (χ1n) is 6.11. The second-order valence-electron chi connectivity index (χ2n) is 4.88. The van der Waals surface area contributed by atoms with E-state index in [1.807, 2.05) is 12.3 Å². The molecule has 16 heavy (non-hydrogen) atoms. The van der Waals surface area contributed by atoms with E-state index in [0.29, 0.717) is 6.54 Å². The zero-order chi connectivity index (χ0) is 11.5. The summed E-state index contributed by atoms with van der Waals surface area (Å²) < 4.78 is 0. The second-order valence-corrected chi connectivity index (χ2v) is 4.88. The third-order valence-corrected chi connectivity index (χ3v) is 3.57. The van der Waals surface area contributed by atoms with Crippen molar-refractivity contribution in [3.63, 3.8) is 0 Å². The minimum absolute atomic E-state index is 0.692. The Morgan fingerprint density at radius 3 is 2.69 bits per heavy atom. The minimum Gasteiger partial charge on any atom is -0.356 e. The van der Waals surface area contributed by atoms with Gasteiger partial charge in [-0.1, -0.05) is 19.9 Å². The molecule has 2 N–H and O–H groups in total. The molecule has 1 aromatic rings. The molecule has 3 nitrogen and oxygen atoms in total. The van der Waals surface area contributed by atoms with Crippen LogP contribution in [0.15, 0.2) is 18.3 Å². The first-order chi connectivity index (χ1) is 7.72. The van der Waals surface area contributed by atoms with E-state index in [1.54, 1.807) is 0 Å². The van der Waals surface area contributed by atoms with E-state index in [9.17, 15) is 0 Å². The summed E-state index contributed by atoms with van der Waals surface area (Å²) in [5.74, 6) is 2.66. The van der Waals surface area contributed by atoms with Gasteiger partial charge < -0.3 is 10.6 Å². The van der Waals surface area contributed by atoms with E-state index >= 15 is 0 Å². The zero-order valence-corrected chi connectivity index (χ0v) is 10.2. The number of pyridine rings is 1. The van der Waals surface area contributed by atoms with E-state index in [1.165, 1.54) is 5.56 Å². The summed E-state index contributed by atoms with van der Waals surface area (Å²) in [7, 11) is 0. The fraction of sp³-hybridized carbons (Fsp3) is 0.615. The third kappa shape index (κ3) is 2.19. The van der Waals surface area contributed by atoms with Crippen LogP contribution in [0, 0.1) is 11.8 Å². The van der Waals surface area contributed by atoms with E-state index in [-0.39, 0.29) is 0 Å². The molecule has 1 aliphatic rings. The first-order valence-corrected chi connectivity index (χ1v) is 6.11. The maximum absolute atomic E-state index is 5.64. The molecule has 0 amide bonds. The maximum atomic E-state index is 5.64. The van der Waals surface area contributed by atoms with Gasteiger partial charge >= 0.3 is 0 Å². The highest BCUT2D eigenvalue weighted by Gasteiger charge is 2.27. The molecule has 1 fully saturated rings. The standard InChI is InChI=1S/C13H21N3/c1-10-8-16(9-11(10)2)13-12(5-6-14)4-3-7-15-13/h3-4,7,10-11H,5-6,8-9,14H2,1-2H3. The highest BCUT2D eigenvalue weighted by Crippen LogP contribution is 2.28. The molecular weight excluding hydrogens is 198 g/mol. The quantitative estimate of drug-likeness (QED) is 0.841. The molecular formula is C13H21N3. The van der Waals surface area contributed by atoms with Gasteiger partial charge in [0.05, 0.1) is 0 Å². The minimum atomic E-state index is 0.692. The van der Waals surface area contributed by atoms with Crippen molar-refractivity contribution < 1.29 is 0 Å². The Hall–Kier alpha value is -1.09. The van der Waals surface area contributed by atoms with Crippen molar-refractivity contribution in [2.24, 2.45) is 17.6 Å². The number of hydrogen-bond donors (Lipinski definition) is 1. The number of aromatic nitrogens is 1. The summed E-state index contributed by atoms with van der Waals surface area (Å²) in [5.41, 5.74) is 6.92. The van der Waals surface area contributed by atoms with Crippen LogP contribution in [0.1, 0.15) is 19.4 Å². The zero-order valence-electron chi connectivity index (χ0n) is 10.2. The molecule has 2 rings (SSSR count).